The van der Waals surface area contributed by atoms with Gasteiger partial charge in [-0.05, 0) is 20.8 Å². The van der Waals surface area contributed by atoms with Crippen LogP contribution in [0.15, 0.2) is 5.38 Å². The van der Waals surface area contributed by atoms with Gasteiger partial charge in [0.05, 0.1) is 27.9 Å². The van der Waals surface area contributed by atoms with Crippen molar-refractivity contribution in [1.82, 2.24) is 9.97 Å². The minimum atomic E-state index is 0.402. The van der Waals surface area contributed by atoms with E-state index in [1.165, 1.54) is 4.88 Å². The van der Waals surface area contributed by atoms with E-state index in [0.717, 1.165) is 27.9 Å². The van der Waals surface area contributed by atoms with E-state index in [1.54, 1.807) is 29.8 Å². The highest BCUT2D eigenvalue weighted by Crippen LogP contribution is 2.32. The number of nitrogens with one attached hydrogen (secondary N) is 1. The number of hydrogen-bond donors (Lipinski definition) is 1. The molecule has 0 aliphatic rings. The van der Waals surface area contributed by atoms with Crippen molar-refractivity contribution in [2.45, 2.75) is 33.2 Å². The van der Waals surface area contributed by atoms with Gasteiger partial charge < -0.3 is 10.1 Å². The van der Waals surface area contributed by atoms with E-state index in [2.05, 4.69) is 34.5 Å². The molecule has 19 heavy (non-hydrogen) atoms. The molecule has 2 aromatic heterocycles. The lowest BCUT2D eigenvalue weighted by atomic mass is 10.3. The lowest BCUT2D eigenvalue weighted by molar-refractivity contribution is 0.202. The maximum Gasteiger partial charge on any atom is 0.183 e. The second-order valence-electron chi connectivity index (χ2n) is 4.60. The molecule has 0 amide bonds. The number of ether oxygens (including phenoxy) is 1. The first kappa shape index (κ1) is 14.4. The fraction of sp³-hybridized carbons (Fsp3) is 0.538. The molecule has 0 atom stereocenters. The number of nitrogens with zero attached hydrogens (tertiary/aromatic N) is 2. The Morgan fingerprint density at radius 3 is 2.84 bits per heavy atom. The number of hydrogen-bond acceptors (Lipinski definition) is 6. The van der Waals surface area contributed by atoms with E-state index in [1.807, 2.05) is 6.92 Å². The van der Waals surface area contributed by atoms with Gasteiger partial charge in [0.15, 0.2) is 5.13 Å². The van der Waals surface area contributed by atoms with Crippen molar-refractivity contribution < 1.29 is 4.74 Å². The van der Waals surface area contributed by atoms with Gasteiger partial charge in [0.2, 0.25) is 0 Å². The zero-order valence-corrected chi connectivity index (χ0v) is 13.3. The van der Waals surface area contributed by atoms with E-state index in [-0.39, 0.29) is 0 Å². The van der Waals surface area contributed by atoms with Crippen LogP contribution >= 0.6 is 22.7 Å². The van der Waals surface area contributed by atoms with Crippen LogP contribution in [0.2, 0.25) is 0 Å². The second-order valence-corrected chi connectivity index (χ2v) is 6.54. The van der Waals surface area contributed by atoms with Gasteiger partial charge in [0.25, 0.3) is 0 Å². The van der Waals surface area contributed by atoms with Gasteiger partial charge in [-0.3, -0.25) is 0 Å². The van der Waals surface area contributed by atoms with Crippen molar-refractivity contribution in [2.75, 3.05) is 19.0 Å². The molecule has 0 aromatic carbocycles. The highest BCUT2D eigenvalue weighted by molar-refractivity contribution is 7.16. The standard InChI is InChI=1S/C13H19N3OS2/c1-8(2)14-13-16-10(7-18-13)12-9(3)15-11(19-12)5-6-17-4/h7-8H,5-6H2,1-4H3,(H,14,16). The highest BCUT2D eigenvalue weighted by Gasteiger charge is 2.13. The minimum Gasteiger partial charge on any atom is -0.384 e. The van der Waals surface area contributed by atoms with Crippen LogP contribution in [-0.4, -0.2) is 29.7 Å². The van der Waals surface area contributed by atoms with Crippen molar-refractivity contribution in [3.63, 3.8) is 0 Å². The zero-order valence-electron chi connectivity index (χ0n) is 11.7. The summed E-state index contributed by atoms with van der Waals surface area (Å²) in [5.41, 5.74) is 2.07. The number of aromatic nitrogens is 2. The second kappa shape index (κ2) is 6.45. The summed E-state index contributed by atoms with van der Waals surface area (Å²) in [5, 5.41) is 7.50. The van der Waals surface area contributed by atoms with Gasteiger partial charge in [0.1, 0.15) is 0 Å². The first-order valence-electron chi connectivity index (χ1n) is 6.28. The number of rotatable bonds is 6. The Hall–Kier alpha value is -0.980. The van der Waals surface area contributed by atoms with Crippen LogP contribution in [0.25, 0.3) is 10.6 Å². The molecule has 2 rings (SSSR count). The van der Waals surface area contributed by atoms with Crippen LogP contribution in [0, 0.1) is 6.92 Å². The Balaban J connectivity index is 2.16. The summed E-state index contributed by atoms with van der Waals surface area (Å²) in [5.74, 6) is 0. The average Bonchev–Trinajstić information content (AvgIpc) is 2.92. The summed E-state index contributed by atoms with van der Waals surface area (Å²) in [6, 6.07) is 0.402. The molecule has 2 heterocycles. The fourth-order valence-electron chi connectivity index (χ4n) is 1.68. The Morgan fingerprint density at radius 2 is 2.16 bits per heavy atom. The van der Waals surface area contributed by atoms with E-state index >= 15 is 0 Å². The maximum atomic E-state index is 5.09. The monoisotopic (exact) mass is 297 g/mol. The number of anilines is 1. The van der Waals surface area contributed by atoms with E-state index in [0.29, 0.717) is 12.6 Å². The zero-order chi connectivity index (χ0) is 13.8. The van der Waals surface area contributed by atoms with E-state index in [9.17, 15) is 0 Å². The normalized spacial score (nSPS) is 11.2. The molecular weight excluding hydrogens is 278 g/mol. The highest BCUT2D eigenvalue weighted by atomic mass is 32.1. The van der Waals surface area contributed by atoms with Crippen molar-refractivity contribution in [2.24, 2.45) is 0 Å². The largest absolute Gasteiger partial charge is 0.384 e. The third kappa shape index (κ3) is 3.75. The summed E-state index contributed by atoms with van der Waals surface area (Å²) in [4.78, 5) is 10.4. The molecule has 0 spiro atoms. The summed E-state index contributed by atoms with van der Waals surface area (Å²) in [7, 11) is 1.71. The molecule has 2 aromatic rings. The average molecular weight is 297 g/mol. The molecule has 104 valence electrons. The summed E-state index contributed by atoms with van der Waals surface area (Å²) in [6.07, 6.45) is 0.864. The molecule has 1 N–H and O–H groups in total. The number of thiazole rings is 2. The molecule has 0 saturated carbocycles. The van der Waals surface area contributed by atoms with Crippen LogP contribution in [0.5, 0.6) is 0 Å². The van der Waals surface area contributed by atoms with Gasteiger partial charge >= 0.3 is 0 Å². The van der Waals surface area contributed by atoms with Crippen molar-refractivity contribution in [3.8, 4) is 10.6 Å². The molecule has 0 fully saturated rings. The van der Waals surface area contributed by atoms with Gasteiger partial charge in [0, 0.05) is 25.0 Å². The third-order valence-corrected chi connectivity index (χ3v) is 4.52. The number of methoxy groups -OCH3 is 1. The van der Waals surface area contributed by atoms with Crippen LogP contribution in [0.4, 0.5) is 5.13 Å². The van der Waals surface area contributed by atoms with Gasteiger partial charge in [-0.2, -0.15) is 0 Å². The molecule has 0 aliphatic carbocycles. The molecule has 0 aliphatic heterocycles. The van der Waals surface area contributed by atoms with Crippen molar-refractivity contribution in [1.29, 1.82) is 0 Å². The molecule has 4 nitrogen and oxygen atoms in total. The van der Waals surface area contributed by atoms with Gasteiger partial charge in [-0.25, -0.2) is 9.97 Å². The SMILES string of the molecule is COCCc1nc(C)c(-c2csc(NC(C)C)n2)s1. The molecule has 0 saturated heterocycles. The summed E-state index contributed by atoms with van der Waals surface area (Å²) >= 11 is 3.35. The Labute approximate surface area is 121 Å². The number of aryl methyl sites for hydroxylation is 1. The molecule has 0 radical (unpaired) electrons. The van der Waals surface area contributed by atoms with Crippen molar-refractivity contribution in [3.05, 3.63) is 16.1 Å². The van der Waals surface area contributed by atoms with Gasteiger partial charge in [-0.1, -0.05) is 0 Å². The fourth-order valence-corrected chi connectivity index (χ4v) is 3.61. The predicted octanol–water partition coefficient (Wildman–Crippen LogP) is 3.58. The molecule has 0 bridgehead atoms. The predicted molar refractivity (Wildman–Crippen MR) is 82.3 cm³/mol. The van der Waals surface area contributed by atoms with E-state index in [4.69, 9.17) is 4.74 Å². The van der Waals surface area contributed by atoms with Crippen LogP contribution in [-0.2, 0) is 11.2 Å². The smallest absolute Gasteiger partial charge is 0.183 e. The Bertz CT molecular complexity index is 534. The lowest BCUT2D eigenvalue weighted by Gasteiger charge is -2.04. The van der Waals surface area contributed by atoms with Crippen LogP contribution in [0.1, 0.15) is 24.5 Å². The third-order valence-electron chi connectivity index (χ3n) is 2.51. The van der Waals surface area contributed by atoms with E-state index < -0.39 is 0 Å². The van der Waals surface area contributed by atoms with Crippen molar-refractivity contribution >= 4 is 27.8 Å². The molecular formula is C13H19N3OS2. The lowest BCUT2D eigenvalue weighted by Crippen LogP contribution is -2.08. The van der Waals surface area contributed by atoms with Crippen LogP contribution < -0.4 is 5.32 Å². The summed E-state index contributed by atoms with van der Waals surface area (Å²) < 4.78 is 5.09. The summed E-state index contributed by atoms with van der Waals surface area (Å²) in [6.45, 7) is 6.98. The minimum absolute atomic E-state index is 0.402. The first-order chi connectivity index (χ1) is 9.10. The van der Waals surface area contributed by atoms with Gasteiger partial charge in [-0.15, -0.1) is 22.7 Å². The quantitative estimate of drug-likeness (QED) is 0.885. The molecule has 0 unspecified atom stereocenters. The Kier molecular flexibility index (Phi) is 4.90. The first-order valence-corrected chi connectivity index (χ1v) is 7.97. The topological polar surface area (TPSA) is 47.0 Å². The molecule has 6 heteroatoms. The Morgan fingerprint density at radius 1 is 1.37 bits per heavy atom. The maximum absolute atomic E-state index is 5.09. The van der Waals surface area contributed by atoms with Crippen LogP contribution in [0.3, 0.4) is 0 Å².